The van der Waals surface area contributed by atoms with E-state index in [0.29, 0.717) is 22.3 Å². The van der Waals surface area contributed by atoms with Crippen molar-refractivity contribution in [3.05, 3.63) is 65.7 Å². The van der Waals surface area contributed by atoms with Gasteiger partial charge in [0.2, 0.25) is 5.88 Å². The fraction of sp³-hybridized carbons (Fsp3) is 0.0556. The number of halogens is 1. The lowest BCUT2D eigenvalue weighted by molar-refractivity contribution is 0.262. The van der Waals surface area contributed by atoms with E-state index in [-0.39, 0.29) is 6.03 Å². The number of anilines is 2. The van der Waals surface area contributed by atoms with E-state index in [4.69, 9.17) is 16.3 Å². The smallest absolute Gasteiger partial charge is 0.323 e. The number of ether oxygens (including phenoxy) is 1. The van der Waals surface area contributed by atoms with Gasteiger partial charge in [-0.25, -0.2) is 4.79 Å². The molecule has 0 aliphatic carbocycles. The first-order valence-corrected chi connectivity index (χ1v) is 7.83. The molecule has 0 aliphatic rings. The molecule has 2 amide bonds. The highest BCUT2D eigenvalue weighted by Gasteiger charge is 2.05. The number of nitrogens with one attached hydrogen (secondary N) is 2. The molecule has 126 valence electrons. The van der Waals surface area contributed by atoms with Gasteiger partial charge >= 0.3 is 6.03 Å². The molecule has 6 nitrogen and oxygen atoms in total. The Bertz CT molecular complexity index is 850. The van der Waals surface area contributed by atoms with E-state index < -0.39 is 0 Å². The Balaban J connectivity index is 1.63. The van der Waals surface area contributed by atoms with E-state index in [1.165, 1.54) is 0 Å². The molecule has 3 aromatic rings. The van der Waals surface area contributed by atoms with Gasteiger partial charge in [-0.3, -0.25) is 0 Å². The Morgan fingerprint density at radius 3 is 2.00 bits per heavy atom. The van der Waals surface area contributed by atoms with E-state index >= 15 is 0 Å². The molecule has 0 radical (unpaired) electrons. The van der Waals surface area contributed by atoms with Crippen LogP contribution in [-0.4, -0.2) is 23.3 Å². The molecule has 7 heteroatoms. The van der Waals surface area contributed by atoms with Crippen LogP contribution in [0.25, 0.3) is 11.3 Å². The minimum Gasteiger partial charge on any atom is -0.480 e. The van der Waals surface area contributed by atoms with Gasteiger partial charge < -0.3 is 15.4 Å². The second kappa shape index (κ2) is 7.63. The number of amides is 2. The molecule has 0 fully saturated rings. The van der Waals surface area contributed by atoms with Crippen LogP contribution in [0.15, 0.2) is 60.7 Å². The van der Waals surface area contributed by atoms with Gasteiger partial charge in [-0.05, 0) is 42.5 Å². The van der Waals surface area contributed by atoms with E-state index in [1.54, 1.807) is 49.6 Å². The zero-order valence-corrected chi connectivity index (χ0v) is 14.1. The van der Waals surface area contributed by atoms with Crippen LogP contribution in [0.1, 0.15) is 0 Å². The molecule has 0 spiro atoms. The van der Waals surface area contributed by atoms with E-state index in [9.17, 15) is 4.79 Å². The van der Waals surface area contributed by atoms with Crippen molar-refractivity contribution in [2.24, 2.45) is 0 Å². The molecule has 25 heavy (non-hydrogen) atoms. The first-order chi connectivity index (χ1) is 12.1. The molecular formula is C18H15ClN4O2. The van der Waals surface area contributed by atoms with Crippen molar-refractivity contribution in [3.8, 4) is 17.1 Å². The molecule has 0 bridgehead atoms. The molecule has 0 saturated carbocycles. The largest absolute Gasteiger partial charge is 0.480 e. The SMILES string of the molecule is COc1ccc(-c2ccc(NC(=O)Nc3ccc(Cl)cc3)cc2)nn1. The molecule has 2 N–H and O–H groups in total. The Morgan fingerprint density at radius 2 is 1.48 bits per heavy atom. The van der Waals surface area contributed by atoms with Crippen LogP contribution in [0.5, 0.6) is 5.88 Å². The van der Waals surface area contributed by atoms with E-state index in [1.807, 2.05) is 18.2 Å². The van der Waals surface area contributed by atoms with Gasteiger partial charge in [0.25, 0.3) is 0 Å². The van der Waals surface area contributed by atoms with Crippen molar-refractivity contribution in [1.82, 2.24) is 10.2 Å². The second-order valence-electron chi connectivity index (χ2n) is 5.12. The molecule has 1 heterocycles. The first-order valence-electron chi connectivity index (χ1n) is 7.46. The number of urea groups is 1. The van der Waals surface area contributed by atoms with Gasteiger partial charge in [0.1, 0.15) is 0 Å². The number of hydrogen-bond acceptors (Lipinski definition) is 4. The number of carbonyl (C=O) groups excluding carboxylic acids is 1. The van der Waals surface area contributed by atoms with Crippen LogP contribution < -0.4 is 15.4 Å². The molecule has 0 unspecified atom stereocenters. The van der Waals surface area contributed by atoms with Crippen molar-refractivity contribution in [1.29, 1.82) is 0 Å². The van der Waals surface area contributed by atoms with Crippen LogP contribution >= 0.6 is 11.6 Å². The van der Waals surface area contributed by atoms with Crippen LogP contribution in [-0.2, 0) is 0 Å². The normalized spacial score (nSPS) is 10.2. The average molecular weight is 355 g/mol. The summed E-state index contributed by atoms with van der Waals surface area (Å²) in [5, 5.41) is 14.1. The molecule has 3 rings (SSSR count). The maximum absolute atomic E-state index is 12.0. The Kier molecular flexibility index (Phi) is 5.11. The van der Waals surface area contributed by atoms with Crippen LogP contribution in [0.2, 0.25) is 5.02 Å². The Morgan fingerprint density at radius 1 is 0.880 bits per heavy atom. The zero-order valence-electron chi connectivity index (χ0n) is 13.4. The maximum Gasteiger partial charge on any atom is 0.323 e. The minimum atomic E-state index is -0.334. The summed E-state index contributed by atoms with van der Waals surface area (Å²) >= 11 is 5.82. The van der Waals surface area contributed by atoms with Gasteiger partial charge in [-0.1, -0.05) is 23.7 Å². The summed E-state index contributed by atoms with van der Waals surface area (Å²) in [6.07, 6.45) is 0. The number of aromatic nitrogens is 2. The summed E-state index contributed by atoms with van der Waals surface area (Å²) in [5.74, 6) is 0.459. The summed E-state index contributed by atoms with van der Waals surface area (Å²) in [7, 11) is 1.54. The highest BCUT2D eigenvalue weighted by Crippen LogP contribution is 2.20. The third kappa shape index (κ3) is 4.45. The summed E-state index contributed by atoms with van der Waals surface area (Å²) in [6, 6.07) is 17.4. The number of carbonyl (C=O) groups is 1. The minimum absolute atomic E-state index is 0.334. The topological polar surface area (TPSA) is 76.1 Å². The van der Waals surface area contributed by atoms with Gasteiger partial charge in [-0.15, -0.1) is 10.2 Å². The maximum atomic E-state index is 12.0. The average Bonchev–Trinajstić information content (AvgIpc) is 2.64. The van der Waals surface area contributed by atoms with Crippen molar-refractivity contribution < 1.29 is 9.53 Å². The molecule has 1 aromatic heterocycles. The Labute approximate surface area is 149 Å². The summed E-state index contributed by atoms with van der Waals surface area (Å²) in [5.41, 5.74) is 2.93. The van der Waals surface area contributed by atoms with Crippen LogP contribution in [0, 0.1) is 0 Å². The third-order valence-electron chi connectivity index (χ3n) is 3.39. The molecular weight excluding hydrogens is 340 g/mol. The molecule has 0 aliphatic heterocycles. The lowest BCUT2D eigenvalue weighted by Crippen LogP contribution is -2.19. The van der Waals surface area contributed by atoms with Gasteiger partial charge in [0, 0.05) is 28.0 Å². The predicted octanol–water partition coefficient (Wildman–Crippen LogP) is 4.45. The standard InChI is InChI=1S/C18H15ClN4O2/c1-25-17-11-10-16(22-23-17)12-2-6-14(7-3-12)20-18(24)21-15-8-4-13(19)5-9-15/h2-11H,1H3,(H2,20,21,24). The fourth-order valence-electron chi connectivity index (χ4n) is 2.13. The lowest BCUT2D eigenvalue weighted by Gasteiger charge is -2.08. The van der Waals surface area contributed by atoms with Crippen molar-refractivity contribution in [2.75, 3.05) is 17.7 Å². The van der Waals surface area contributed by atoms with E-state index in [2.05, 4.69) is 20.8 Å². The summed E-state index contributed by atoms with van der Waals surface area (Å²) < 4.78 is 4.99. The van der Waals surface area contributed by atoms with Crippen LogP contribution in [0.3, 0.4) is 0 Å². The predicted molar refractivity (Wildman–Crippen MR) is 98.1 cm³/mol. The van der Waals surface area contributed by atoms with Gasteiger partial charge in [0.05, 0.1) is 12.8 Å². The van der Waals surface area contributed by atoms with Gasteiger partial charge in [0.15, 0.2) is 0 Å². The zero-order chi connectivity index (χ0) is 17.6. The Hall–Kier alpha value is -3.12. The molecule has 0 saturated heterocycles. The number of benzene rings is 2. The highest BCUT2D eigenvalue weighted by atomic mass is 35.5. The highest BCUT2D eigenvalue weighted by molar-refractivity contribution is 6.30. The fourth-order valence-corrected chi connectivity index (χ4v) is 2.26. The molecule has 2 aromatic carbocycles. The first kappa shape index (κ1) is 16.7. The molecule has 0 atom stereocenters. The quantitative estimate of drug-likeness (QED) is 0.725. The van der Waals surface area contributed by atoms with E-state index in [0.717, 1.165) is 11.3 Å². The lowest BCUT2D eigenvalue weighted by atomic mass is 10.1. The second-order valence-corrected chi connectivity index (χ2v) is 5.56. The van der Waals surface area contributed by atoms with Crippen molar-refractivity contribution in [2.45, 2.75) is 0 Å². The third-order valence-corrected chi connectivity index (χ3v) is 3.64. The van der Waals surface area contributed by atoms with Crippen LogP contribution in [0.4, 0.5) is 16.2 Å². The summed E-state index contributed by atoms with van der Waals surface area (Å²) in [4.78, 5) is 12.0. The monoisotopic (exact) mass is 354 g/mol. The number of hydrogen-bond donors (Lipinski definition) is 2. The number of nitrogens with zero attached hydrogens (tertiary/aromatic N) is 2. The van der Waals surface area contributed by atoms with Crippen molar-refractivity contribution >= 4 is 29.0 Å². The van der Waals surface area contributed by atoms with Gasteiger partial charge in [-0.2, -0.15) is 0 Å². The number of rotatable bonds is 4. The van der Waals surface area contributed by atoms with Crippen molar-refractivity contribution in [3.63, 3.8) is 0 Å². The summed E-state index contributed by atoms with van der Waals surface area (Å²) in [6.45, 7) is 0. The number of methoxy groups -OCH3 is 1.